The Hall–Kier alpha value is -4.09. The predicted molar refractivity (Wildman–Crippen MR) is 139 cm³/mol. The van der Waals surface area contributed by atoms with Crippen molar-refractivity contribution in [3.63, 3.8) is 0 Å². The molecule has 2 amide bonds. The van der Waals surface area contributed by atoms with E-state index in [1.165, 1.54) is 13.2 Å². The maximum absolute atomic E-state index is 14.5. The number of anilines is 1. The Morgan fingerprint density at radius 2 is 2.05 bits per heavy atom. The average molecular weight is 535 g/mol. The molecule has 0 aromatic carbocycles. The number of methoxy groups -OCH3 is 1. The van der Waals surface area contributed by atoms with Crippen molar-refractivity contribution in [1.82, 2.24) is 30.0 Å². The standard InChI is InChI=1S/C27H31FN8O3/c1-15-30-6-3-23(32-15)35-7-4-17(14-35)19-12-27(19)11-16(25(29)37)5-8-36(27)26(38)22-10-21(33-34-22)18-9-24(39-2)31-13-20(18)28/h3,6,9-10,13,16-17,19H,4-5,7-8,11-12,14H2,1-2H3,(H2,29,37)(H,33,34)/t16?,17-,19-,27?/m0/s1. The van der Waals surface area contributed by atoms with Crippen LogP contribution in [0.2, 0.25) is 0 Å². The van der Waals surface area contributed by atoms with Crippen LogP contribution >= 0.6 is 0 Å². The highest BCUT2D eigenvalue weighted by Gasteiger charge is 2.65. The number of ether oxygens (including phenoxy) is 1. The number of amides is 2. The van der Waals surface area contributed by atoms with Crippen molar-refractivity contribution in [3.8, 4) is 17.1 Å². The Morgan fingerprint density at radius 3 is 2.82 bits per heavy atom. The van der Waals surface area contributed by atoms with Gasteiger partial charge in [0.15, 0.2) is 5.82 Å². The molecular weight excluding hydrogens is 503 g/mol. The topological polar surface area (TPSA) is 143 Å². The van der Waals surface area contributed by atoms with Gasteiger partial charge < -0.3 is 20.3 Å². The van der Waals surface area contributed by atoms with E-state index in [1.807, 2.05) is 17.9 Å². The largest absolute Gasteiger partial charge is 0.481 e. The summed E-state index contributed by atoms with van der Waals surface area (Å²) in [5, 5.41) is 7.01. The van der Waals surface area contributed by atoms with Crippen LogP contribution < -0.4 is 15.4 Å². The molecule has 6 rings (SSSR count). The van der Waals surface area contributed by atoms with Crippen molar-refractivity contribution < 1.29 is 18.7 Å². The molecular formula is C27H31FN8O3. The van der Waals surface area contributed by atoms with E-state index in [2.05, 4.69) is 30.0 Å². The number of likely N-dealkylation sites (tertiary alicyclic amines) is 1. The van der Waals surface area contributed by atoms with Crippen LogP contribution in [0.15, 0.2) is 30.6 Å². The lowest BCUT2D eigenvalue weighted by Crippen LogP contribution is -2.52. The fraction of sp³-hybridized carbons (Fsp3) is 0.481. The van der Waals surface area contributed by atoms with E-state index in [0.717, 1.165) is 43.8 Å². The highest BCUT2D eigenvalue weighted by molar-refractivity contribution is 5.94. The number of nitrogens with two attached hydrogens (primary N) is 1. The lowest BCUT2D eigenvalue weighted by atomic mass is 9.84. The molecule has 5 heterocycles. The lowest BCUT2D eigenvalue weighted by molar-refractivity contribution is -0.124. The third kappa shape index (κ3) is 4.47. The minimum Gasteiger partial charge on any atom is -0.481 e. The molecule has 3 aromatic heterocycles. The molecule has 3 aromatic rings. The summed E-state index contributed by atoms with van der Waals surface area (Å²) in [4.78, 5) is 42.8. The first-order valence-electron chi connectivity index (χ1n) is 13.2. The second-order valence-corrected chi connectivity index (χ2v) is 10.8. The molecule has 3 aliphatic rings. The zero-order valence-electron chi connectivity index (χ0n) is 21.9. The summed E-state index contributed by atoms with van der Waals surface area (Å²) in [5.74, 6) is 1.15. The Kier molecular flexibility index (Phi) is 6.19. The van der Waals surface area contributed by atoms with Crippen molar-refractivity contribution in [3.05, 3.63) is 47.9 Å². The van der Waals surface area contributed by atoms with Gasteiger partial charge in [0.2, 0.25) is 11.8 Å². The van der Waals surface area contributed by atoms with Gasteiger partial charge in [0, 0.05) is 48.9 Å². The van der Waals surface area contributed by atoms with E-state index >= 15 is 0 Å². The van der Waals surface area contributed by atoms with Crippen LogP contribution in [0.25, 0.3) is 11.3 Å². The van der Waals surface area contributed by atoms with Gasteiger partial charge in [0.05, 0.1) is 19.0 Å². The van der Waals surface area contributed by atoms with Crippen molar-refractivity contribution in [2.75, 3.05) is 31.6 Å². The number of hydrogen-bond donors (Lipinski definition) is 2. The number of rotatable bonds is 6. The molecule has 12 heteroatoms. The van der Waals surface area contributed by atoms with Gasteiger partial charge in [-0.05, 0) is 56.6 Å². The summed E-state index contributed by atoms with van der Waals surface area (Å²) >= 11 is 0. The molecule has 1 aliphatic carbocycles. The zero-order valence-corrected chi connectivity index (χ0v) is 21.9. The maximum Gasteiger partial charge on any atom is 0.272 e. The second-order valence-electron chi connectivity index (χ2n) is 10.8. The molecule has 1 spiro atoms. The molecule has 2 saturated heterocycles. The molecule has 3 N–H and O–H groups in total. The third-order valence-corrected chi connectivity index (χ3v) is 8.59. The zero-order chi connectivity index (χ0) is 27.3. The molecule has 3 fully saturated rings. The van der Waals surface area contributed by atoms with E-state index < -0.39 is 11.4 Å². The van der Waals surface area contributed by atoms with E-state index in [9.17, 15) is 14.0 Å². The Balaban J connectivity index is 1.24. The fourth-order valence-electron chi connectivity index (χ4n) is 6.55. The molecule has 2 unspecified atom stereocenters. The summed E-state index contributed by atoms with van der Waals surface area (Å²) in [6, 6.07) is 4.93. The number of hydrogen-bond acceptors (Lipinski definition) is 8. The van der Waals surface area contributed by atoms with E-state index in [-0.39, 0.29) is 46.5 Å². The van der Waals surface area contributed by atoms with Crippen LogP contribution in [0.4, 0.5) is 10.2 Å². The number of aryl methyl sites for hydroxylation is 1. The van der Waals surface area contributed by atoms with Gasteiger partial charge in [-0.2, -0.15) is 5.10 Å². The van der Waals surface area contributed by atoms with Crippen molar-refractivity contribution in [2.24, 2.45) is 23.5 Å². The van der Waals surface area contributed by atoms with E-state index in [0.29, 0.717) is 25.3 Å². The number of aromatic amines is 1. The number of primary amides is 1. The highest BCUT2D eigenvalue weighted by Crippen LogP contribution is 2.60. The maximum atomic E-state index is 14.5. The molecule has 2 aliphatic heterocycles. The second kappa shape index (κ2) is 9.58. The minimum atomic E-state index is -0.563. The van der Waals surface area contributed by atoms with Gasteiger partial charge in [0.25, 0.3) is 5.91 Å². The molecule has 1 saturated carbocycles. The van der Waals surface area contributed by atoms with Crippen molar-refractivity contribution in [1.29, 1.82) is 0 Å². The number of H-pyrrole nitrogens is 1. The molecule has 4 atom stereocenters. The van der Waals surface area contributed by atoms with Crippen LogP contribution in [-0.2, 0) is 4.79 Å². The summed E-state index contributed by atoms with van der Waals surface area (Å²) in [6.07, 6.45) is 5.71. The number of nitrogens with zero attached hydrogens (tertiary/aromatic N) is 6. The van der Waals surface area contributed by atoms with Gasteiger partial charge in [-0.15, -0.1) is 0 Å². The SMILES string of the molecule is COc1cc(-c2cc(C(=O)N3CCC(C(N)=O)CC34C[C@H]4[C@H]3CCN(c4ccnc(C)n4)C3)[nH]n2)c(F)cn1. The van der Waals surface area contributed by atoms with Crippen LogP contribution in [0.3, 0.4) is 0 Å². The van der Waals surface area contributed by atoms with Crippen LogP contribution in [-0.4, -0.2) is 74.1 Å². The van der Waals surface area contributed by atoms with Crippen LogP contribution in [0.1, 0.15) is 42.0 Å². The van der Waals surface area contributed by atoms with E-state index in [1.54, 1.807) is 12.3 Å². The molecule has 0 radical (unpaired) electrons. The highest BCUT2D eigenvalue weighted by atomic mass is 19.1. The third-order valence-electron chi connectivity index (χ3n) is 8.59. The molecule has 0 bridgehead atoms. The monoisotopic (exact) mass is 534 g/mol. The summed E-state index contributed by atoms with van der Waals surface area (Å²) in [6.45, 7) is 4.02. The first-order valence-corrected chi connectivity index (χ1v) is 13.2. The van der Waals surface area contributed by atoms with Gasteiger partial charge in [-0.1, -0.05) is 0 Å². The molecule has 11 nitrogen and oxygen atoms in total. The van der Waals surface area contributed by atoms with Crippen molar-refractivity contribution in [2.45, 2.75) is 38.1 Å². The van der Waals surface area contributed by atoms with Gasteiger partial charge in [-0.3, -0.25) is 14.7 Å². The fourth-order valence-corrected chi connectivity index (χ4v) is 6.55. The molecule has 39 heavy (non-hydrogen) atoms. The molecule has 204 valence electrons. The smallest absolute Gasteiger partial charge is 0.272 e. The number of piperidine rings is 1. The normalized spacial score (nSPS) is 26.2. The summed E-state index contributed by atoms with van der Waals surface area (Å²) < 4.78 is 19.6. The summed E-state index contributed by atoms with van der Waals surface area (Å²) in [7, 11) is 1.45. The summed E-state index contributed by atoms with van der Waals surface area (Å²) in [5.41, 5.74) is 6.05. The first kappa shape index (κ1) is 25.2. The minimum absolute atomic E-state index is 0.189. The number of carbonyl (C=O) groups is 2. The van der Waals surface area contributed by atoms with Gasteiger partial charge in [-0.25, -0.2) is 19.3 Å². The first-order chi connectivity index (χ1) is 18.8. The van der Waals surface area contributed by atoms with Crippen LogP contribution in [0.5, 0.6) is 5.88 Å². The average Bonchev–Trinajstić information content (AvgIpc) is 3.29. The number of halogens is 1. The van der Waals surface area contributed by atoms with Crippen LogP contribution in [0, 0.1) is 30.5 Å². The van der Waals surface area contributed by atoms with Crippen molar-refractivity contribution >= 4 is 17.6 Å². The Labute approximate surface area is 225 Å². The predicted octanol–water partition coefficient (Wildman–Crippen LogP) is 2.34. The number of carbonyl (C=O) groups excluding carboxylic acids is 2. The van der Waals surface area contributed by atoms with E-state index in [4.69, 9.17) is 10.5 Å². The Morgan fingerprint density at radius 1 is 1.21 bits per heavy atom. The lowest BCUT2D eigenvalue weighted by Gasteiger charge is -2.40. The Bertz CT molecular complexity index is 1430. The van der Waals surface area contributed by atoms with Gasteiger partial charge >= 0.3 is 0 Å². The quantitative estimate of drug-likeness (QED) is 0.491. The van der Waals surface area contributed by atoms with Gasteiger partial charge in [0.1, 0.15) is 17.3 Å². The number of nitrogens with one attached hydrogen (secondary N) is 1. The number of aromatic nitrogens is 5. The number of pyridine rings is 1.